The summed E-state index contributed by atoms with van der Waals surface area (Å²) in [6, 6.07) is 9.61. The molecule has 0 saturated carbocycles. The first-order chi connectivity index (χ1) is 9.51. The molecule has 0 amide bonds. The van der Waals surface area contributed by atoms with Crippen molar-refractivity contribution in [1.82, 2.24) is 4.98 Å². The molecule has 1 aromatic carbocycles. The van der Waals surface area contributed by atoms with Crippen LogP contribution >= 0.6 is 0 Å². The standard InChI is InChI=1S/C14H11N3O3/c1-9-12(8-15)7-11(14(18)16-9)5-10-3-2-4-13(6-10)17(19)20/h2-4,6-7H,5H2,1H3,(H,16,18). The van der Waals surface area contributed by atoms with Gasteiger partial charge in [0.2, 0.25) is 0 Å². The van der Waals surface area contributed by atoms with Gasteiger partial charge in [-0.2, -0.15) is 5.26 Å². The lowest BCUT2D eigenvalue weighted by atomic mass is 10.0. The van der Waals surface area contributed by atoms with Crippen molar-refractivity contribution in [2.24, 2.45) is 0 Å². The molecule has 1 N–H and O–H groups in total. The largest absolute Gasteiger partial charge is 0.325 e. The zero-order valence-electron chi connectivity index (χ0n) is 10.7. The highest BCUT2D eigenvalue weighted by molar-refractivity contribution is 5.40. The third kappa shape index (κ3) is 2.72. The molecule has 6 nitrogen and oxygen atoms in total. The number of H-pyrrole nitrogens is 1. The molecular formula is C14H11N3O3. The molecule has 6 heteroatoms. The van der Waals surface area contributed by atoms with E-state index in [4.69, 9.17) is 5.26 Å². The number of non-ortho nitro benzene ring substituents is 1. The maximum absolute atomic E-state index is 11.8. The Balaban J connectivity index is 2.40. The first-order valence-corrected chi connectivity index (χ1v) is 5.87. The molecule has 0 bridgehead atoms. The fourth-order valence-electron chi connectivity index (χ4n) is 1.91. The van der Waals surface area contributed by atoms with Gasteiger partial charge in [0.25, 0.3) is 11.2 Å². The molecule has 20 heavy (non-hydrogen) atoms. The molecule has 0 fully saturated rings. The van der Waals surface area contributed by atoms with Crippen LogP contribution in [0.25, 0.3) is 0 Å². The SMILES string of the molecule is Cc1[nH]c(=O)c(Cc2cccc([N+](=O)[O-])c2)cc1C#N. The topological polar surface area (TPSA) is 99.8 Å². The molecule has 0 aliphatic carbocycles. The summed E-state index contributed by atoms with van der Waals surface area (Å²) in [4.78, 5) is 24.7. The van der Waals surface area contributed by atoms with Crippen molar-refractivity contribution < 1.29 is 4.92 Å². The van der Waals surface area contributed by atoms with Crippen molar-refractivity contribution in [3.05, 3.63) is 73.2 Å². The molecule has 0 aliphatic rings. The Morgan fingerprint density at radius 2 is 2.15 bits per heavy atom. The van der Waals surface area contributed by atoms with E-state index in [0.29, 0.717) is 22.4 Å². The van der Waals surface area contributed by atoms with E-state index in [1.807, 2.05) is 6.07 Å². The minimum absolute atomic E-state index is 0.0217. The quantitative estimate of drug-likeness (QED) is 0.680. The van der Waals surface area contributed by atoms with Gasteiger partial charge in [-0.1, -0.05) is 12.1 Å². The van der Waals surface area contributed by atoms with Crippen LogP contribution in [0.4, 0.5) is 5.69 Å². The Kier molecular flexibility index (Phi) is 3.62. The summed E-state index contributed by atoms with van der Waals surface area (Å²) in [5.41, 5.74) is 1.66. The number of aromatic amines is 1. The number of aromatic nitrogens is 1. The summed E-state index contributed by atoms with van der Waals surface area (Å²) in [6.07, 6.45) is 0.242. The lowest BCUT2D eigenvalue weighted by Crippen LogP contribution is -2.15. The fraction of sp³-hybridized carbons (Fsp3) is 0.143. The van der Waals surface area contributed by atoms with Gasteiger partial charge in [0.1, 0.15) is 6.07 Å². The predicted octanol–water partition coefficient (Wildman–Crippen LogP) is 2.05. The molecular weight excluding hydrogens is 258 g/mol. The molecule has 2 rings (SSSR count). The Morgan fingerprint density at radius 1 is 1.40 bits per heavy atom. The maximum atomic E-state index is 11.8. The summed E-state index contributed by atoms with van der Waals surface area (Å²) in [5.74, 6) is 0. The fourth-order valence-corrected chi connectivity index (χ4v) is 1.91. The van der Waals surface area contributed by atoms with Crippen molar-refractivity contribution in [2.75, 3.05) is 0 Å². The summed E-state index contributed by atoms with van der Waals surface area (Å²) in [7, 11) is 0. The molecule has 0 atom stereocenters. The van der Waals surface area contributed by atoms with Gasteiger partial charge in [0.05, 0.1) is 10.5 Å². The van der Waals surface area contributed by atoms with Gasteiger partial charge in [0, 0.05) is 29.8 Å². The molecule has 2 aromatic rings. The van der Waals surface area contributed by atoms with E-state index in [2.05, 4.69) is 4.98 Å². The Labute approximate surface area is 114 Å². The Bertz CT molecular complexity index is 772. The molecule has 0 aliphatic heterocycles. The Morgan fingerprint density at radius 3 is 2.80 bits per heavy atom. The van der Waals surface area contributed by atoms with Crippen LogP contribution in [0.1, 0.15) is 22.4 Å². The molecule has 1 aromatic heterocycles. The van der Waals surface area contributed by atoms with Gasteiger partial charge in [-0.25, -0.2) is 0 Å². The van der Waals surface area contributed by atoms with E-state index >= 15 is 0 Å². The number of benzene rings is 1. The lowest BCUT2D eigenvalue weighted by Gasteiger charge is -2.04. The van der Waals surface area contributed by atoms with Crippen molar-refractivity contribution >= 4 is 5.69 Å². The first-order valence-electron chi connectivity index (χ1n) is 5.87. The zero-order valence-corrected chi connectivity index (χ0v) is 10.7. The van der Waals surface area contributed by atoms with E-state index in [1.54, 1.807) is 19.1 Å². The van der Waals surface area contributed by atoms with Crippen LogP contribution in [-0.4, -0.2) is 9.91 Å². The monoisotopic (exact) mass is 269 g/mol. The van der Waals surface area contributed by atoms with Gasteiger partial charge in [-0.15, -0.1) is 0 Å². The minimum Gasteiger partial charge on any atom is -0.325 e. The maximum Gasteiger partial charge on any atom is 0.269 e. The molecule has 0 saturated heterocycles. The summed E-state index contributed by atoms with van der Waals surface area (Å²) in [5, 5.41) is 19.7. The summed E-state index contributed by atoms with van der Waals surface area (Å²) in [6.45, 7) is 1.65. The number of nitro benzene ring substituents is 1. The van der Waals surface area contributed by atoms with E-state index < -0.39 is 4.92 Å². The van der Waals surface area contributed by atoms with Crippen molar-refractivity contribution in [1.29, 1.82) is 5.26 Å². The highest BCUT2D eigenvalue weighted by Crippen LogP contribution is 2.16. The number of nitrogens with one attached hydrogen (secondary N) is 1. The second-order valence-electron chi connectivity index (χ2n) is 4.38. The van der Waals surface area contributed by atoms with E-state index in [0.717, 1.165) is 0 Å². The summed E-state index contributed by atoms with van der Waals surface area (Å²) < 4.78 is 0. The van der Waals surface area contributed by atoms with Crippen molar-refractivity contribution in [2.45, 2.75) is 13.3 Å². The molecule has 1 heterocycles. The van der Waals surface area contributed by atoms with E-state index in [9.17, 15) is 14.9 Å². The van der Waals surface area contributed by atoms with Gasteiger partial charge >= 0.3 is 0 Å². The number of nitro groups is 1. The number of nitriles is 1. The zero-order chi connectivity index (χ0) is 14.7. The van der Waals surface area contributed by atoms with Crippen LogP contribution in [0.15, 0.2) is 35.1 Å². The van der Waals surface area contributed by atoms with Crippen LogP contribution < -0.4 is 5.56 Å². The third-order valence-electron chi connectivity index (χ3n) is 2.95. The average Bonchev–Trinajstić information content (AvgIpc) is 2.42. The van der Waals surface area contributed by atoms with Crippen LogP contribution in [0.5, 0.6) is 0 Å². The van der Waals surface area contributed by atoms with Gasteiger partial charge in [0.15, 0.2) is 0 Å². The summed E-state index contributed by atoms with van der Waals surface area (Å²) >= 11 is 0. The van der Waals surface area contributed by atoms with Crippen LogP contribution in [-0.2, 0) is 6.42 Å². The van der Waals surface area contributed by atoms with E-state index in [1.165, 1.54) is 18.2 Å². The second-order valence-corrected chi connectivity index (χ2v) is 4.38. The van der Waals surface area contributed by atoms with Crippen LogP contribution in [0.2, 0.25) is 0 Å². The lowest BCUT2D eigenvalue weighted by molar-refractivity contribution is -0.384. The van der Waals surface area contributed by atoms with Crippen LogP contribution in [0, 0.1) is 28.4 Å². The third-order valence-corrected chi connectivity index (χ3v) is 2.95. The number of aryl methyl sites for hydroxylation is 1. The average molecular weight is 269 g/mol. The normalized spacial score (nSPS) is 10.0. The molecule has 0 radical (unpaired) electrons. The van der Waals surface area contributed by atoms with Crippen LogP contribution in [0.3, 0.4) is 0 Å². The number of hydrogen-bond donors (Lipinski definition) is 1. The van der Waals surface area contributed by atoms with Gasteiger partial charge in [-0.3, -0.25) is 14.9 Å². The number of rotatable bonds is 3. The van der Waals surface area contributed by atoms with Crippen molar-refractivity contribution in [3.8, 4) is 6.07 Å². The molecule has 100 valence electrons. The second kappa shape index (κ2) is 5.36. The van der Waals surface area contributed by atoms with Crippen molar-refractivity contribution in [3.63, 3.8) is 0 Å². The smallest absolute Gasteiger partial charge is 0.269 e. The highest BCUT2D eigenvalue weighted by atomic mass is 16.6. The Hall–Kier alpha value is -2.94. The first kappa shape index (κ1) is 13.5. The highest BCUT2D eigenvalue weighted by Gasteiger charge is 2.09. The van der Waals surface area contributed by atoms with Gasteiger partial charge in [-0.05, 0) is 18.6 Å². The predicted molar refractivity (Wildman–Crippen MR) is 72.4 cm³/mol. The number of nitrogens with zero attached hydrogens (tertiary/aromatic N) is 2. The molecule has 0 spiro atoms. The van der Waals surface area contributed by atoms with Gasteiger partial charge < -0.3 is 4.98 Å². The molecule has 0 unspecified atom stereocenters. The minimum atomic E-state index is -0.483. The number of pyridine rings is 1. The number of hydrogen-bond acceptors (Lipinski definition) is 4. The van der Waals surface area contributed by atoms with E-state index in [-0.39, 0.29) is 17.7 Å².